The van der Waals surface area contributed by atoms with Crippen LogP contribution in [0.4, 0.5) is 5.69 Å². The van der Waals surface area contributed by atoms with Gasteiger partial charge in [-0.1, -0.05) is 0 Å². The first-order chi connectivity index (χ1) is 10.7. The van der Waals surface area contributed by atoms with E-state index in [2.05, 4.69) is 4.72 Å². The first kappa shape index (κ1) is 25.2. The average Bonchev–Trinajstić information content (AvgIpc) is 2.41. The molecule has 140 valence electrons. The van der Waals surface area contributed by atoms with Crippen LogP contribution in [0, 0.1) is 0 Å². The Morgan fingerprint density at radius 3 is 1.88 bits per heavy atom. The number of hydrogen-bond acceptors (Lipinski definition) is 6. The summed E-state index contributed by atoms with van der Waals surface area (Å²) in [6.45, 7) is -0.408. The number of nitrogen functional groups attached to an aromatic ring is 1. The van der Waals surface area contributed by atoms with E-state index in [1.54, 1.807) is 0 Å². The summed E-state index contributed by atoms with van der Waals surface area (Å²) in [5.41, 5.74) is 5.78. The predicted octanol–water partition coefficient (Wildman–Crippen LogP) is -1.32. The molecular weight excluding hydrogens is 409 g/mol. The Balaban J connectivity index is 0.00000576. The molecule has 0 aliphatic rings. The Morgan fingerprint density at radius 1 is 1.04 bits per heavy atom. The van der Waals surface area contributed by atoms with Crippen molar-refractivity contribution in [3.05, 3.63) is 24.3 Å². The SMILES string of the molecule is Nc1ccc(S(=O)(=O)NCCCC(O)(P(=O)(O)O)P(=O)(O)O)cc1.[NaH]. The van der Waals surface area contributed by atoms with E-state index < -0.39 is 49.7 Å². The Kier molecular flexibility index (Phi) is 8.99. The second kappa shape index (κ2) is 8.92. The number of aliphatic hydroxyl groups is 1. The van der Waals surface area contributed by atoms with Gasteiger partial charge in [-0.15, -0.1) is 0 Å². The Labute approximate surface area is 166 Å². The van der Waals surface area contributed by atoms with Gasteiger partial charge >= 0.3 is 44.7 Å². The van der Waals surface area contributed by atoms with Crippen molar-refractivity contribution < 1.29 is 42.2 Å². The monoisotopic (exact) mass is 428 g/mol. The third kappa shape index (κ3) is 6.39. The molecule has 8 N–H and O–H groups in total. The number of benzene rings is 1. The maximum absolute atomic E-state index is 11.9. The summed E-state index contributed by atoms with van der Waals surface area (Å²) in [6.07, 6.45) is -1.44. The topological polar surface area (TPSA) is 207 Å². The molecule has 0 amide bonds. The van der Waals surface area contributed by atoms with Gasteiger partial charge < -0.3 is 30.4 Å². The van der Waals surface area contributed by atoms with Crippen LogP contribution < -0.4 is 10.5 Å². The maximum atomic E-state index is 11.9. The molecule has 25 heavy (non-hydrogen) atoms. The first-order valence-corrected chi connectivity index (χ1v) is 11.1. The minimum absolute atomic E-state index is 0. The van der Waals surface area contributed by atoms with Crippen LogP contribution in [0.2, 0.25) is 0 Å². The summed E-state index contributed by atoms with van der Waals surface area (Å²) in [5, 5.41) is 6.08. The van der Waals surface area contributed by atoms with E-state index in [0.29, 0.717) is 5.69 Å². The van der Waals surface area contributed by atoms with Gasteiger partial charge in [-0.3, -0.25) is 9.13 Å². The second-order valence-corrected chi connectivity index (χ2v) is 10.7. The summed E-state index contributed by atoms with van der Waals surface area (Å²) < 4.78 is 48.3. The number of hydrogen-bond donors (Lipinski definition) is 7. The molecule has 0 bridgehead atoms. The van der Waals surface area contributed by atoms with Gasteiger partial charge in [0.15, 0.2) is 0 Å². The molecule has 0 saturated carbocycles. The number of anilines is 1. The zero-order valence-electron chi connectivity index (χ0n) is 12.2. The van der Waals surface area contributed by atoms with Crippen LogP contribution >= 0.6 is 15.2 Å². The van der Waals surface area contributed by atoms with E-state index in [0.717, 1.165) is 0 Å². The molecule has 1 aromatic carbocycles. The van der Waals surface area contributed by atoms with E-state index in [9.17, 15) is 22.7 Å². The molecule has 1 rings (SSSR count). The number of nitrogens with one attached hydrogen (secondary N) is 1. The molecule has 0 aromatic heterocycles. The zero-order chi connectivity index (χ0) is 18.8. The molecule has 15 heteroatoms. The van der Waals surface area contributed by atoms with Crippen molar-refractivity contribution >= 4 is 60.5 Å². The van der Waals surface area contributed by atoms with E-state index >= 15 is 0 Å². The molecular formula is C10H19N2NaO9P2S. The van der Waals surface area contributed by atoms with Crippen LogP contribution in [0.1, 0.15) is 12.8 Å². The molecule has 0 aliphatic heterocycles. The van der Waals surface area contributed by atoms with E-state index in [4.69, 9.17) is 25.3 Å². The van der Waals surface area contributed by atoms with E-state index in [1.807, 2.05) is 0 Å². The molecule has 1 aromatic rings. The summed E-state index contributed by atoms with van der Waals surface area (Å²) in [7, 11) is -15.0. The van der Waals surface area contributed by atoms with Crippen LogP contribution in [-0.4, -0.2) is 74.3 Å². The van der Waals surface area contributed by atoms with Gasteiger partial charge in [0.2, 0.25) is 10.0 Å². The van der Waals surface area contributed by atoms with Crippen LogP contribution in [0.15, 0.2) is 29.2 Å². The molecule has 0 atom stereocenters. The van der Waals surface area contributed by atoms with Gasteiger partial charge in [-0.25, -0.2) is 13.1 Å². The molecule has 0 radical (unpaired) electrons. The van der Waals surface area contributed by atoms with Gasteiger partial charge in [0, 0.05) is 18.7 Å². The second-order valence-electron chi connectivity index (χ2n) is 4.93. The summed E-state index contributed by atoms with van der Waals surface area (Å²) in [6, 6.07) is 5.18. The van der Waals surface area contributed by atoms with E-state index in [-0.39, 0.29) is 34.5 Å². The van der Waals surface area contributed by atoms with Crippen LogP contribution in [0.5, 0.6) is 0 Å². The Hall–Kier alpha value is 0.190. The Morgan fingerprint density at radius 2 is 1.48 bits per heavy atom. The number of sulfonamides is 1. The fraction of sp³-hybridized carbons (Fsp3) is 0.400. The standard InChI is InChI=1S/C10H18N2O9P2S.Na.H/c11-8-2-4-9(5-3-8)24(20,21)12-7-1-6-10(13,22(14,15)16)23(17,18)19;;/h2-5,12-13H,1,6-7,11H2,(H2,14,15,16)(H2,17,18,19);;. The van der Waals surface area contributed by atoms with Crippen LogP contribution in [-0.2, 0) is 19.2 Å². The Bertz CT molecular complexity index is 752. The van der Waals surface area contributed by atoms with Crippen LogP contribution in [0.3, 0.4) is 0 Å². The predicted molar refractivity (Wildman–Crippen MR) is 91.5 cm³/mol. The van der Waals surface area contributed by atoms with Gasteiger partial charge in [-0.2, -0.15) is 0 Å². The molecule has 11 nitrogen and oxygen atoms in total. The van der Waals surface area contributed by atoms with Crippen molar-refractivity contribution in [1.82, 2.24) is 4.72 Å². The normalized spacial score (nSPS) is 13.3. The molecule has 0 fully saturated rings. The quantitative estimate of drug-likeness (QED) is 0.112. The fourth-order valence-corrected chi connectivity index (χ4v) is 5.05. The molecule has 0 heterocycles. The molecule has 0 spiro atoms. The summed E-state index contributed by atoms with van der Waals surface area (Å²) in [5.74, 6) is 0. The summed E-state index contributed by atoms with van der Waals surface area (Å²) in [4.78, 5) is 35.7. The average molecular weight is 428 g/mol. The molecule has 0 saturated heterocycles. The molecule has 0 unspecified atom stereocenters. The van der Waals surface area contributed by atoms with Crippen molar-refractivity contribution in [2.45, 2.75) is 22.8 Å². The van der Waals surface area contributed by atoms with Gasteiger partial charge in [-0.05, 0) is 30.7 Å². The fourth-order valence-electron chi connectivity index (χ4n) is 1.72. The number of rotatable bonds is 8. The van der Waals surface area contributed by atoms with Crippen molar-refractivity contribution in [2.75, 3.05) is 12.3 Å². The third-order valence-electron chi connectivity index (χ3n) is 3.10. The first-order valence-electron chi connectivity index (χ1n) is 6.39. The van der Waals surface area contributed by atoms with Crippen molar-refractivity contribution in [1.29, 1.82) is 0 Å². The zero-order valence-corrected chi connectivity index (χ0v) is 14.8. The van der Waals surface area contributed by atoms with Gasteiger partial charge in [0.1, 0.15) is 0 Å². The van der Waals surface area contributed by atoms with Crippen LogP contribution in [0.25, 0.3) is 0 Å². The minimum atomic E-state index is -5.55. The van der Waals surface area contributed by atoms with Crippen molar-refractivity contribution in [3.8, 4) is 0 Å². The third-order valence-corrected chi connectivity index (χ3v) is 8.46. The summed E-state index contributed by atoms with van der Waals surface area (Å²) >= 11 is 0. The number of nitrogens with two attached hydrogens (primary N) is 1. The van der Waals surface area contributed by atoms with Crippen molar-refractivity contribution in [2.24, 2.45) is 0 Å². The van der Waals surface area contributed by atoms with Crippen molar-refractivity contribution in [3.63, 3.8) is 0 Å². The van der Waals surface area contributed by atoms with Gasteiger partial charge in [0.25, 0.3) is 5.08 Å². The molecule has 0 aliphatic carbocycles. The van der Waals surface area contributed by atoms with Gasteiger partial charge in [0.05, 0.1) is 4.90 Å². The van der Waals surface area contributed by atoms with E-state index in [1.165, 1.54) is 24.3 Å².